The Balaban J connectivity index is 2.51. The maximum absolute atomic E-state index is 9.49. The number of nitrogens with one attached hydrogen (secondary N) is 1. The van der Waals surface area contributed by atoms with Crippen LogP contribution in [0.2, 0.25) is 0 Å². The average Bonchev–Trinajstić information content (AvgIpc) is 2.79. The van der Waals surface area contributed by atoms with Gasteiger partial charge in [0, 0.05) is 11.6 Å². The Labute approximate surface area is 103 Å². The zero-order chi connectivity index (χ0) is 12.0. The highest BCUT2D eigenvalue weighted by atomic mass is 32.1. The molecule has 2 N–H and O–H groups in total. The van der Waals surface area contributed by atoms with Crippen molar-refractivity contribution >= 4 is 11.3 Å². The number of aliphatic hydroxyl groups is 1. The first-order valence-corrected chi connectivity index (χ1v) is 6.99. The fourth-order valence-corrected chi connectivity index (χ4v) is 2.74. The van der Waals surface area contributed by atoms with Crippen LogP contribution >= 0.6 is 11.3 Å². The molecule has 0 aliphatic carbocycles. The molecule has 0 saturated carbocycles. The van der Waals surface area contributed by atoms with Crippen LogP contribution in [0.4, 0.5) is 0 Å². The third-order valence-corrected chi connectivity index (χ3v) is 4.06. The molecular formula is C13H23NOS. The Morgan fingerprint density at radius 1 is 1.44 bits per heavy atom. The Kier molecular flexibility index (Phi) is 5.46. The van der Waals surface area contributed by atoms with Crippen LogP contribution in [0, 0.1) is 0 Å². The maximum atomic E-state index is 9.49. The van der Waals surface area contributed by atoms with Gasteiger partial charge in [0.05, 0.1) is 6.61 Å². The van der Waals surface area contributed by atoms with E-state index in [-0.39, 0.29) is 12.1 Å². The van der Waals surface area contributed by atoms with Crippen molar-refractivity contribution in [1.29, 1.82) is 0 Å². The zero-order valence-corrected chi connectivity index (χ0v) is 11.3. The molecule has 0 aliphatic rings. The third kappa shape index (κ3) is 3.58. The normalized spacial score (nSPS) is 14.0. The van der Waals surface area contributed by atoms with Crippen molar-refractivity contribution in [3.05, 3.63) is 22.4 Å². The molecule has 0 amide bonds. The molecule has 3 heteroatoms. The molecule has 0 spiro atoms. The number of thiophene rings is 1. The smallest absolute Gasteiger partial charge is 0.0613 e. The molecule has 0 aromatic carbocycles. The number of rotatable bonds is 7. The summed E-state index contributed by atoms with van der Waals surface area (Å²) < 4.78 is 0. The molecule has 0 aliphatic heterocycles. The Morgan fingerprint density at radius 3 is 2.56 bits per heavy atom. The molecule has 2 nitrogen and oxygen atoms in total. The summed E-state index contributed by atoms with van der Waals surface area (Å²) in [5, 5.41) is 17.4. The quantitative estimate of drug-likeness (QED) is 0.769. The highest BCUT2D eigenvalue weighted by Crippen LogP contribution is 2.17. The van der Waals surface area contributed by atoms with Gasteiger partial charge in [0.2, 0.25) is 0 Å². The van der Waals surface area contributed by atoms with E-state index in [0.29, 0.717) is 6.04 Å². The first-order chi connectivity index (χ1) is 7.65. The standard InChI is InChI=1S/C13H23NOS/c1-4-13(5-2,10-15)14-11(3)8-12-6-7-16-9-12/h6-7,9,11,14-15H,4-5,8,10H2,1-3H3. The predicted molar refractivity (Wildman–Crippen MR) is 71.0 cm³/mol. The van der Waals surface area contributed by atoms with Gasteiger partial charge in [-0.2, -0.15) is 11.3 Å². The molecule has 1 rings (SSSR count). The maximum Gasteiger partial charge on any atom is 0.0613 e. The first kappa shape index (κ1) is 13.7. The molecule has 92 valence electrons. The molecule has 0 radical (unpaired) electrons. The van der Waals surface area contributed by atoms with E-state index < -0.39 is 0 Å². The summed E-state index contributed by atoms with van der Waals surface area (Å²) in [6.07, 6.45) is 2.97. The van der Waals surface area contributed by atoms with Gasteiger partial charge in [-0.1, -0.05) is 13.8 Å². The summed E-state index contributed by atoms with van der Waals surface area (Å²) in [7, 11) is 0. The van der Waals surface area contributed by atoms with Crippen LogP contribution in [0.1, 0.15) is 39.2 Å². The van der Waals surface area contributed by atoms with E-state index in [2.05, 4.69) is 42.9 Å². The van der Waals surface area contributed by atoms with Crippen molar-refractivity contribution in [2.24, 2.45) is 0 Å². The fraction of sp³-hybridized carbons (Fsp3) is 0.692. The van der Waals surface area contributed by atoms with Crippen LogP contribution in [0.15, 0.2) is 16.8 Å². The van der Waals surface area contributed by atoms with Crippen LogP contribution in [-0.4, -0.2) is 23.3 Å². The largest absolute Gasteiger partial charge is 0.394 e. The lowest BCUT2D eigenvalue weighted by Gasteiger charge is -2.34. The van der Waals surface area contributed by atoms with Gasteiger partial charge in [0.1, 0.15) is 0 Å². The minimum absolute atomic E-state index is 0.102. The van der Waals surface area contributed by atoms with Gasteiger partial charge in [0.15, 0.2) is 0 Å². The van der Waals surface area contributed by atoms with Gasteiger partial charge in [-0.3, -0.25) is 0 Å². The second kappa shape index (κ2) is 6.38. The lowest BCUT2D eigenvalue weighted by atomic mass is 9.92. The lowest BCUT2D eigenvalue weighted by Crippen LogP contribution is -2.52. The van der Waals surface area contributed by atoms with Gasteiger partial charge in [-0.25, -0.2) is 0 Å². The Hall–Kier alpha value is -0.380. The molecule has 1 unspecified atom stereocenters. The number of hydrogen-bond donors (Lipinski definition) is 2. The summed E-state index contributed by atoms with van der Waals surface area (Å²) in [5.74, 6) is 0. The van der Waals surface area contributed by atoms with E-state index in [0.717, 1.165) is 19.3 Å². The van der Waals surface area contributed by atoms with Gasteiger partial charge >= 0.3 is 0 Å². The zero-order valence-electron chi connectivity index (χ0n) is 10.5. The van der Waals surface area contributed by atoms with Crippen molar-refractivity contribution in [3.63, 3.8) is 0 Å². The summed E-state index contributed by atoms with van der Waals surface area (Å²) in [5.41, 5.74) is 1.28. The SMILES string of the molecule is CCC(CC)(CO)NC(C)Cc1ccsc1. The lowest BCUT2D eigenvalue weighted by molar-refractivity contribution is 0.139. The van der Waals surface area contributed by atoms with E-state index in [1.54, 1.807) is 11.3 Å². The number of aliphatic hydroxyl groups excluding tert-OH is 1. The summed E-state index contributed by atoms with van der Waals surface area (Å²) >= 11 is 1.74. The molecule has 16 heavy (non-hydrogen) atoms. The molecular weight excluding hydrogens is 218 g/mol. The molecule has 1 aromatic heterocycles. The first-order valence-electron chi connectivity index (χ1n) is 6.05. The van der Waals surface area contributed by atoms with Crippen LogP contribution in [-0.2, 0) is 6.42 Å². The van der Waals surface area contributed by atoms with Crippen LogP contribution in [0.3, 0.4) is 0 Å². The molecule has 1 aromatic rings. The minimum Gasteiger partial charge on any atom is -0.394 e. The molecule has 1 atom stereocenters. The third-order valence-electron chi connectivity index (χ3n) is 3.33. The average molecular weight is 241 g/mol. The summed E-state index contributed by atoms with van der Waals surface area (Å²) in [4.78, 5) is 0. The van der Waals surface area contributed by atoms with Crippen molar-refractivity contribution < 1.29 is 5.11 Å². The second-order valence-electron chi connectivity index (χ2n) is 4.53. The van der Waals surface area contributed by atoms with Crippen LogP contribution in [0.5, 0.6) is 0 Å². The monoisotopic (exact) mass is 241 g/mol. The highest BCUT2D eigenvalue weighted by Gasteiger charge is 2.26. The minimum atomic E-state index is -0.102. The van der Waals surface area contributed by atoms with E-state index in [9.17, 15) is 5.11 Å². The van der Waals surface area contributed by atoms with Crippen LogP contribution in [0.25, 0.3) is 0 Å². The van der Waals surface area contributed by atoms with E-state index >= 15 is 0 Å². The molecule has 0 saturated heterocycles. The van der Waals surface area contributed by atoms with E-state index in [1.165, 1.54) is 5.56 Å². The molecule has 0 fully saturated rings. The van der Waals surface area contributed by atoms with Crippen molar-refractivity contribution in [2.45, 2.75) is 51.6 Å². The van der Waals surface area contributed by atoms with Crippen LogP contribution < -0.4 is 5.32 Å². The van der Waals surface area contributed by atoms with E-state index in [1.807, 2.05) is 0 Å². The predicted octanol–water partition coefficient (Wildman–Crippen LogP) is 2.82. The summed E-state index contributed by atoms with van der Waals surface area (Å²) in [6, 6.07) is 2.57. The highest BCUT2D eigenvalue weighted by molar-refractivity contribution is 7.07. The Morgan fingerprint density at radius 2 is 2.12 bits per heavy atom. The Bertz CT molecular complexity index is 272. The van der Waals surface area contributed by atoms with Crippen molar-refractivity contribution in [2.75, 3.05) is 6.61 Å². The summed E-state index contributed by atoms with van der Waals surface area (Å²) in [6.45, 7) is 6.66. The van der Waals surface area contributed by atoms with Gasteiger partial charge in [-0.05, 0) is 48.6 Å². The molecule has 0 bridgehead atoms. The van der Waals surface area contributed by atoms with Gasteiger partial charge in [-0.15, -0.1) is 0 Å². The van der Waals surface area contributed by atoms with Crippen molar-refractivity contribution in [1.82, 2.24) is 5.32 Å². The second-order valence-corrected chi connectivity index (χ2v) is 5.31. The van der Waals surface area contributed by atoms with Crippen molar-refractivity contribution in [3.8, 4) is 0 Å². The fourth-order valence-electron chi connectivity index (χ4n) is 2.06. The van der Waals surface area contributed by atoms with Gasteiger partial charge < -0.3 is 10.4 Å². The van der Waals surface area contributed by atoms with E-state index in [4.69, 9.17) is 0 Å². The number of hydrogen-bond acceptors (Lipinski definition) is 3. The topological polar surface area (TPSA) is 32.3 Å². The van der Waals surface area contributed by atoms with Gasteiger partial charge in [0.25, 0.3) is 0 Å². The molecule has 1 heterocycles.